The van der Waals surface area contributed by atoms with Crippen LogP contribution in [-0.4, -0.2) is 25.8 Å². The molecule has 0 aromatic carbocycles. The maximum absolute atomic E-state index is 6.01. The van der Waals surface area contributed by atoms with E-state index < -0.39 is 0 Å². The van der Waals surface area contributed by atoms with Crippen LogP contribution in [0.2, 0.25) is 0 Å². The van der Waals surface area contributed by atoms with E-state index in [1.165, 1.54) is 38.6 Å². The van der Waals surface area contributed by atoms with Gasteiger partial charge in [0.25, 0.3) is 0 Å². The highest BCUT2D eigenvalue weighted by molar-refractivity contribution is 4.86. The molecule has 1 aliphatic heterocycles. The predicted octanol–water partition coefficient (Wildman–Crippen LogP) is 2.83. The van der Waals surface area contributed by atoms with Gasteiger partial charge in [-0.05, 0) is 50.0 Å². The second-order valence-electron chi connectivity index (χ2n) is 5.98. The molecular weight excluding hydrogens is 198 g/mol. The fourth-order valence-corrected chi connectivity index (χ4v) is 2.93. The van der Waals surface area contributed by atoms with Gasteiger partial charge in [0.1, 0.15) is 0 Å². The quantitative estimate of drug-likeness (QED) is 0.777. The number of ether oxygens (including phenoxy) is 1. The Labute approximate surface area is 100 Å². The minimum absolute atomic E-state index is 0.571. The summed E-state index contributed by atoms with van der Waals surface area (Å²) >= 11 is 0. The van der Waals surface area contributed by atoms with Gasteiger partial charge in [-0.1, -0.05) is 20.3 Å². The van der Waals surface area contributed by atoms with E-state index >= 15 is 0 Å². The van der Waals surface area contributed by atoms with Gasteiger partial charge in [0.2, 0.25) is 0 Å². The molecule has 2 rings (SSSR count). The van der Waals surface area contributed by atoms with E-state index in [4.69, 9.17) is 4.74 Å². The van der Waals surface area contributed by atoms with E-state index in [9.17, 15) is 0 Å². The molecular formula is C14H27NO. The third kappa shape index (κ3) is 3.21. The van der Waals surface area contributed by atoms with Crippen molar-refractivity contribution in [3.63, 3.8) is 0 Å². The zero-order chi connectivity index (χ0) is 11.4. The summed E-state index contributed by atoms with van der Waals surface area (Å²) in [5, 5.41) is 3.61. The molecule has 2 aliphatic rings. The normalized spacial score (nSPS) is 31.7. The van der Waals surface area contributed by atoms with Crippen LogP contribution >= 0.6 is 0 Å². The maximum Gasteiger partial charge on any atom is 0.0643 e. The SMILES string of the molecule is CC(C)CNCC1CCCOC1C1CCC1. The van der Waals surface area contributed by atoms with Crippen molar-refractivity contribution in [2.24, 2.45) is 17.8 Å². The van der Waals surface area contributed by atoms with E-state index in [0.717, 1.165) is 30.9 Å². The van der Waals surface area contributed by atoms with Gasteiger partial charge in [0.05, 0.1) is 6.10 Å². The molecule has 0 spiro atoms. The van der Waals surface area contributed by atoms with Crippen molar-refractivity contribution in [3.05, 3.63) is 0 Å². The monoisotopic (exact) mass is 225 g/mol. The van der Waals surface area contributed by atoms with Crippen LogP contribution in [0.15, 0.2) is 0 Å². The van der Waals surface area contributed by atoms with E-state index in [0.29, 0.717) is 6.10 Å². The van der Waals surface area contributed by atoms with Crippen molar-refractivity contribution in [2.75, 3.05) is 19.7 Å². The summed E-state index contributed by atoms with van der Waals surface area (Å²) in [4.78, 5) is 0. The molecule has 2 nitrogen and oxygen atoms in total. The second-order valence-corrected chi connectivity index (χ2v) is 5.98. The van der Waals surface area contributed by atoms with Crippen molar-refractivity contribution in [3.8, 4) is 0 Å². The van der Waals surface area contributed by atoms with Gasteiger partial charge < -0.3 is 10.1 Å². The first-order valence-electron chi connectivity index (χ1n) is 7.09. The van der Waals surface area contributed by atoms with Crippen LogP contribution in [0.4, 0.5) is 0 Å². The van der Waals surface area contributed by atoms with Gasteiger partial charge in [-0.3, -0.25) is 0 Å². The maximum atomic E-state index is 6.01. The Balaban J connectivity index is 1.75. The van der Waals surface area contributed by atoms with Crippen LogP contribution in [0.1, 0.15) is 46.0 Å². The lowest BCUT2D eigenvalue weighted by Gasteiger charge is -2.41. The molecule has 94 valence electrons. The zero-order valence-corrected chi connectivity index (χ0v) is 10.9. The zero-order valence-electron chi connectivity index (χ0n) is 10.9. The van der Waals surface area contributed by atoms with Crippen LogP contribution in [0.5, 0.6) is 0 Å². The number of hydrogen-bond donors (Lipinski definition) is 1. The fraction of sp³-hybridized carbons (Fsp3) is 1.00. The number of hydrogen-bond acceptors (Lipinski definition) is 2. The lowest BCUT2D eigenvalue weighted by atomic mass is 9.74. The Morgan fingerprint density at radius 3 is 2.62 bits per heavy atom. The summed E-state index contributed by atoms with van der Waals surface area (Å²) in [6.07, 6.45) is 7.44. The van der Waals surface area contributed by atoms with E-state index in [1.54, 1.807) is 0 Å². The van der Waals surface area contributed by atoms with Gasteiger partial charge >= 0.3 is 0 Å². The molecule has 1 aliphatic carbocycles. The molecule has 2 heteroatoms. The van der Waals surface area contributed by atoms with Crippen molar-refractivity contribution in [1.29, 1.82) is 0 Å². The second kappa shape index (κ2) is 6.02. The summed E-state index contributed by atoms with van der Waals surface area (Å²) < 4.78 is 6.01. The van der Waals surface area contributed by atoms with Gasteiger partial charge in [0.15, 0.2) is 0 Å². The van der Waals surface area contributed by atoms with E-state index in [1.807, 2.05) is 0 Å². The Morgan fingerprint density at radius 1 is 1.19 bits per heavy atom. The fourth-order valence-electron chi connectivity index (χ4n) is 2.93. The van der Waals surface area contributed by atoms with E-state index in [2.05, 4.69) is 19.2 Å². The molecule has 16 heavy (non-hydrogen) atoms. The van der Waals surface area contributed by atoms with Crippen molar-refractivity contribution in [2.45, 2.75) is 52.1 Å². The van der Waals surface area contributed by atoms with E-state index in [-0.39, 0.29) is 0 Å². The highest BCUT2D eigenvalue weighted by atomic mass is 16.5. The Morgan fingerprint density at radius 2 is 2.00 bits per heavy atom. The largest absolute Gasteiger partial charge is 0.378 e. The lowest BCUT2D eigenvalue weighted by molar-refractivity contribution is -0.0787. The van der Waals surface area contributed by atoms with Crippen LogP contribution in [0.25, 0.3) is 0 Å². The molecule has 2 fully saturated rings. The van der Waals surface area contributed by atoms with Crippen molar-refractivity contribution >= 4 is 0 Å². The predicted molar refractivity (Wildman–Crippen MR) is 67.5 cm³/mol. The smallest absolute Gasteiger partial charge is 0.0643 e. The average Bonchev–Trinajstić information content (AvgIpc) is 2.17. The van der Waals surface area contributed by atoms with Crippen LogP contribution in [0.3, 0.4) is 0 Å². The summed E-state index contributed by atoms with van der Waals surface area (Å²) in [6, 6.07) is 0. The minimum atomic E-state index is 0.571. The Kier molecular flexibility index (Phi) is 4.66. The van der Waals surface area contributed by atoms with Crippen LogP contribution in [0, 0.1) is 17.8 Å². The first-order chi connectivity index (χ1) is 7.77. The molecule has 0 aromatic heterocycles. The molecule has 1 heterocycles. The van der Waals surface area contributed by atoms with Crippen molar-refractivity contribution < 1.29 is 4.74 Å². The molecule has 0 aromatic rings. The molecule has 2 unspecified atom stereocenters. The third-order valence-corrected chi connectivity index (χ3v) is 4.07. The summed E-state index contributed by atoms with van der Waals surface area (Å²) in [6.45, 7) is 7.86. The molecule has 2 atom stereocenters. The first-order valence-corrected chi connectivity index (χ1v) is 7.09. The molecule has 0 bridgehead atoms. The number of rotatable bonds is 5. The number of nitrogens with one attached hydrogen (secondary N) is 1. The standard InChI is InChI=1S/C14H27NO/c1-11(2)9-15-10-13-7-4-8-16-14(13)12-5-3-6-12/h11-15H,3-10H2,1-2H3. The lowest BCUT2D eigenvalue weighted by Crippen LogP contribution is -2.43. The molecule has 0 amide bonds. The van der Waals surface area contributed by atoms with Gasteiger partial charge in [0, 0.05) is 13.2 Å². The van der Waals surface area contributed by atoms with Gasteiger partial charge in [-0.2, -0.15) is 0 Å². The molecule has 1 saturated carbocycles. The third-order valence-electron chi connectivity index (χ3n) is 4.07. The van der Waals surface area contributed by atoms with Crippen molar-refractivity contribution in [1.82, 2.24) is 5.32 Å². The highest BCUT2D eigenvalue weighted by Gasteiger charge is 2.35. The topological polar surface area (TPSA) is 21.3 Å². The summed E-state index contributed by atoms with van der Waals surface area (Å²) in [5.41, 5.74) is 0. The van der Waals surface area contributed by atoms with Gasteiger partial charge in [-0.25, -0.2) is 0 Å². The Bertz CT molecular complexity index is 201. The first kappa shape index (κ1) is 12.4. The van der Waals surface area contributed by atoms with Crippen LogP contribution in [-0.2, 0) is 4.74 Å². The summed E-state index contributed by atoms with van der Waals surface area (Å²) in [7, 11) is 0. The molecule has 0 radical (unpaired) electrons. The molecule has 1 N–H and O–H groups in total. The van der Waals surface area contributed by atoms with Crippen LogP contribution < -0.4 is 5.32 Å². The van der Waals surface area contributed by atoms with Gasteiger partial charge in [-0.15, -0.1) is 0 Å². The average molecular weight is 225 g/mol. The highest BCUT2D eigenvalue weighted by Crippen LogP contribution is 2.37. The summed E-state index contributed by atoms with van der Waals surface area (Å²) in [5.74, 6) is 2.41. The minimum Gasteiger partial charge on any atom is -0.378 e. The molecule has 1 saturated heterocycles. The Hall–Kier alpha value is -0.0800.